The molecule has 9 nitrogen and oxygen atoms in total. The quantitative estimate of drug-likeness (QED) is 0.110. The molecular weight excluding hydrogens is 697 g/mol. The fourth-order valence-electron chi connectivity index (χ4n) is 7.53. The lowest BCUT2D eigenvalue weighted by Crippen LogP contribution is -2.38. The highest BCUT2D eigenvalue weighted by atomic mass is 35.5. The molecule has 2 heterocycles. The number of benzene rings is 4. The van der Waals surface area contributed by atoms with Gasteiger partial charge in [0.2, 0.25) is 0 Å². The molecule has 11 heteroatoms. The molecular formula is C41H47ClN3O6P. The summed E-state index contributed by atoms with van der Waals surface area (Å²) in [6.07, 6.45) is 0.0603. The van der Waals surface area contributed by atoms with Gasteiger partial charge in [0.1, 0.15) is 0 Å². The Morgan fingerprint density at radius 2 is 1.21 bits per heavy atom. The monoisotopic (exact) mass is 743 g/mol. The third kappa shape index (κ3) is 7.14. The van der Waals surface area contributed by atoms with Crippen LogP contribution in [0.15, 0.2) is 78.9 Å². The van der Waals surface area contributed by atoms with Gasteiger partial charge in [-0.1, -0.05) is 42.5 Å². The largest absolute Gasteiger partial charge is 0.372 e. The van der Waals surface area contributed by atoms with E-state index in [0.717, 1.165) is 81.3 Å². The molecule has 52 heavy (non-hydrogen) atoms. The van der Waals surface area contributed by atoms with Crippen molar-refractivity contribution in [3.63, 3.8) is 0 Å². The van der Waals surface area contributed by atoms with Gasteiger partial charge in [0.15, 0.2) is 7.14 Å². The topological polar surface area (TPSA) is 96.5 Å². The first kappa shape index (κ1) is 38.8. The minimum atomic E-state index is -3.36. The Labute approximate surface area is 312 Å². The maximum Gasteiger partial charge on any atom is 0.363 e. The Hall–Kier alpha value is -4.43. The van der Waals surface area contributed by atoms with Crippen molar-refractivity contribution in [2.45, 2.75) is 60.3 Å². The summed E-state index contributed by atoms with van der Waals surface area (Å²) in [5, 5.41) is 3.02. The van der Waals surface area contributed by atoms with Gasteiger partial charge < -0.3 is 19.2 Å². The van der Waals surface area contributed by atoms with Crippen molar-refractivity contribution in [2.24, 2.45) is 0 Å². The Balaban J connectivity index is 0.00000168. The van der Waals surface area contributed by atoms with E-state index in [0.29, 0.717) is 5.06 Å². The normalized spacial score (nSPS) is 17.5. The van der Waals surface area contributed by atoms with Gasteiger partial charge in [0.05, 0.1) is 24.5 Å². The standard InChI is InChI=1S/C40H44N3O5P.CH3ClO/c1-7-41(8-2)29-16-18-32-34(24-29)49(47,31-14-12-11-13-15-31)35-25-30(42(9-3)10-4)17-19-33(35)39(32)38-26(5)22-28(23-27(38)6)40(46)48-43-36(44)20-21-37(43)45;1-3-2/h11-19,22-25,39H,7-10,20-21H2,1-6H3;1H3. The van der Waals surface area contributed by atoms with Crippen LogP contribution in [-0.4, -0.2) is 56.1 Å². The fraction of sp³-hybridized carbons (Fsp3) is 0.341. The predicted molar refractivity (Wildman–Crippen MR) is 209 cm³/mol. The Morgan fingerprint density at radius 3 is 1.63 bits per heavy atom. The molecule has 274 valence electrons. The number of carbonyl (C=O) groups is 3. The SMILES string of the molecule is CCN(CC)c1ccc2c(c1)P(=O)(c1ccccc1)c1cc(N(CC)CC)ccc1C2c1c(C)cc(C(=O)ON2C(=O)CCC2=O)cc1C.COCl. The van der Waals surface area contributed by atoms with Gasteiger partial charge >= 0.3 is 5.97 Å². The molecule has 6 rings (SSSR count). The molecule has 0 bridgehead atoms. The lowest BCUT2D eigenvalue weighted by Gasteiger charge is -2.38. The number of hydrogen-bond donors (Lipinski definition) is 0. The van der Waals surface area contributed by atoms with Gasteiger partial charge in [0, 0.05) is 72.2 Å². The van der Waals surface area contributed by atoms with Crippen LogP contribution in [-0.2, 0) is 23.3 Å². The third-order valence-corrected chi connectivity index (χ3v) is 13.2. The minimum absolute atomic E-state index is 0.0302. The maximum absolute atomic E-state index is 16.1. The van der Waals surface area contributed by atoms with E-state index in [2.05, 4.69) is 90.0 Å². The number of halogens is 1. The molecule has 4 aromatic rings. The van der Waals surface area contributed by atoms with Crippen LogP contribution in [0.25, 0.3) is 0 Å². The molecule has 0 aliphatic carbocycles. The van der Waals surface area contributed by atoms with Crippen molar-refractivity contribution >= 4 is 64.1 Å². The van der Waals surface area contributed by atoms with Gasteiger partial charge in [0.25, 0.3) is 11.8 Å². The molecule has 0 spiro atoms. The zero-order chi connectivity index (χ0) is 37.7. The van der Waals surface area contributed by atoms with Crippen LogP contribution in [0.5, 0.6) is 0 Å². The van der Waals surface area contributed by atoms with Crippen LogP contribution in [0.1, 0.15) is 84.6 Å². The average molecular weight is 744 g/mol. The summed E-state index contributed by atoms with van der Waals surface area (Å²) in [6.45, 7) is 15.7. The smallest absolute Gasteiger partial charge is 0.363 e. The minimum Gasteiger partial charge on any atom is -0.372 e. The summed E-state index contributed by atoms with van der Waals surface area (Å²) >= 11 is 4.50. The number of aryl methyl sites for hydroxylation is 2. The molecule has 2 aliphatic heterocycles. The van der Waals surface area contributed by atoms with Gasteiger partial charge in [-0.05, 0) is 106 Å². The molecule has 2 aliphatic rings. The van der Waals surface area contributed by atoms with Crippen molar-refractivity contribution in [1.29, 1.82) is 0 Å². The van der Waals surface area contributed by atoms with E-state index >= 15 is 4.57 Å². The van der Waals surface area contributed by atoms with Gasteiger partial charge in [-0.25, -0.2) is 4.79 Å². The summed E-state index contributed by atoms with van der Waals surface area (Å²) in [5.74, 6) is -2.06. The van der Waals surface area contributed by atoms with Crippen molar-refractivity contribution in [3.8, 4) is 0 Å². The first-order chi connectivity index (χ1) is 25.0. The molecule has 1 saturated heterocycles. The average Bonchev–Trinajstić information content (AvgIpc) is 3.46. The second-order valence-corrected chi connectivity index (χ2v) is 15.9. The number of imide groups is 1. The summed E-state index contributed by atoms with van der Waals surface area (Å²) in [7, 11) is -1.97. The molecule has 0 N–H and O–H groups in total. The molecule has 4 aromatic carbocycles. The number of amides is 2. The number of hydrogen-bond acceptors (Lipinski definition) is 8. The van der Waals surface area contributed by atoms with E-state index in [1.54, 1.807) is 12.1 Å². The molecule has 0 aromatic heterocycles. The van der Waals surface area contributed by atoms with Crippen LogP contribution in [0.4, 0.5) is 11.4 Å². The lowest BCUT2D eigenvalue weighted by molar-refractivity contribution is -0.172. The molecule has 0 saturated carbocycles. The second kappa shape index (κ2) is 16.5. The highest BCUT2D eigenvalue weighted by molar-refractivity contribution is 7.85. The number of fused-ring (bicyclic) bond motifs is 2. The molecule has 2 amide bonds. The first-order valence-corrected chi connectivity index (χ1v) is 19.8. The number of hydroxylamine groups is 2. The van der Waals surface area contributed by atoms with Crippen molar-refractivity contribution < 1.29 is 28.1 Å². The van der Waals surface area contributed by atoms with Crippen molar-refractivity contribution in [3.05, 3.63) is 112 Å². The van der Waals surface area contributed by atoms with Gasteiger partial charge in [-0.15, -0.1) is 5.06 Å². The summed E-state index contributed by atoms with van der Waals surface area (Å²) < 4.78 is 19.9. The summed E-state index contributed by atoms with van der Waals surface area (Å²) in [5.41, 5.74) is 6.97. The fourth-order valence-corrected chi connectivity index (χ4v) is 10.7. The predicted octanol–water partition coefficient (Wildman–Crippen LogP) is 7.14. The summed E-state index contributed by atoms with van der Waals surface area (Å²) in [4.78, 5) is 47.3. The number of anilines is 2. The van der Waals surface area contributed by atoms with Crippen LogP contribution in [0, 0.1) is 13.8 Å². The Bertz CT molecular complexity index is 1900. The van der Waals surface area contributed by atoms with E-state index in [9.17, 15) is 14.4 Å². The number of carbonyl (C=O) groups excluding carboxylic acids is 3. The maximum atomic E-state index is 16.1. The van der Waals surface area contributed by atoms with Crippen LogP contribution >= 0.6 is 19.0 Å². The van der Waals surface area contributed by atoms with E-state index in [-0.39, 0.29) is 24.3 Å². The van der Waals surface area contributed by atoms with E-state index in [1.807, 2.05) is 44.2 Å². The van der Waals surface area contributed by atoms with Crippen LogP contribution < -0.4 is 25.7 Å². The number of nitrogens with zero attached hydrogens (tertiary/aromatic N) is 3. The lowest BCUT2D eigenvalue weighted by atomic mass is 9.79. The van der Waals surface area contributed by atoms with E-state index in [1.165, 1.54) is 7.11 Å². The Morgan fingerprint density at radius 1 is 0.769 bits per heavy atom. The van der Waals surface area contributed by atoms with E-state index in [4.69, 9.17) is 4.84 Å². The second-order valence-electron chi connectivity index (χ2n) is 12.8. The van der Waals surface area contributed by atoms with Gasteiger partial charge in [-0.2, -0.15) is 0 Å². The third-order valence-electron chi connectivity index (χ3n) is 10.0. The zero-order valence-electron chi connectivity index (χ0n) is 30.9. The molecule has 0 unspecified atom stereocenters. The van der Waals surface area contributed by atoms with Crippen molar-refractivity contribution in [2.75, 3.05) is 43.1 Å². The first-order valence-electron chi connectivity index (χ1n) is 17.8. The molecule has 0 atom stereocenters. The Kier molecular flexibility index (Phi) is 12.3. The van der Waals surface area contributed by atoms with Crippen molar-refractivity contribution in [1.82, 2.24) is 5.06 Å². The number of rotatable bonds is 10. The van der Waals surface area contributed by atoms with E-state index < -0.39 is 24.9 Å². The van der Waals surface area contributed by atoms with Crippen LogP contribution in [0.2, 0.25) is 0 Å². The zero-order valence-corrected chi connectivity index (χ0v) is 32.6. The molecule has 1 fully saturated rings. The van der Waals surface area contributed by atoms with Crippen LogP contribution in [0.3, 0.4) is 0 Å². The van der Waals surface area contributed by atoms with Gasteiger partial charge in [-0.3, -0.25) is 13.9 Å². The highest BCUT2D eigenvalue weighted by Crippen LogP contribution is 2.54. The molecule has 0 radical (unpaired) electrons. The summed E-state index contributed by atoms with van der Waals surface area (Å²) in [6, 6.07) is 26.1. The highest BCUT2D eigenvalue weighted by Gasteiger charge is 2.43.